The maximum atomic E-state index is 4.55. The van der Waals surface area contributed by atoms with Crippen molar-refractivity contribution >= 4 is 5.95 Å². The Kier molecular flexibility index (Phi) is 3.89. The first kappa shape index (κ1) is 14.6. The molecule has 0 radical (unpaired) electrons. The first-order chi connectivity index (χ1) is 9.27. The van der Waals surface area contributed by atoms with Crippen molar-refractivity contribution in [3.8, 4) is 5.69 Å². The predicted octanol–water partition coefficient (Wildman–Crippen LogP) is 4.30. The van der Waals surface area contributed by atoms with E-state index < -0.39 is 0 Å². The molecular formula is C17H25N3. The largest absolute Gasteiger partial charge is 0.353 e. The third kappa shape index (κ3) is 3.21. The highest BCUT2D eigenvalue weighted by Gasteiger charge is 2.14. The van der Waals surface area contributed by atoms with Crippen LogP contribution in [0.5, 0.6) is 0 Å². The summed E-state index contributed by atoms with van der Waals surface area (Å²) in [6.07, 6.45) is 2.07. The summed E-state index contributed by atoms with van der Waals surface area (Å²) in [4.78, 5) is 4.55. The van der Waals surface area contributed by atoms with E-state index in [1.165, 1.54) is 5.56 Å². The minimum absolute atomic E-state index is 0.183. The molecule has 0 saturated carbocycles. The van der Waals surface area contributed by atoms with Crippen LogP contribution in [-0.2, 0) is 5.41 Å². The van der Waals surface area contributed by atoms with Crippen LogP contribution in [0.25, 0.3) is 5.69 Å². The van der Waals surface area contributed by atoms with E-state index in [4.69, 9.17) is 0 Å². The fourth-order valence-electron chi connectivity index (χ4n) is 2.18. The molecule has 2 aromatic rings. The molecule has 1 heterocycles. The normalized spacial score (nSPS) is 11.9. The Bertz CT molecular complexity index is 571. The quantitative estimate of drug-likeness (QED) is 0.902. The molecule has 20 heavy (non-hydrogen) atoms. The van der Waals surface area contributed by atoms with Crippen LogP contribution < -0.4 is 5.32 Å². The molecule has 0 aliphatic heterocycles. The highest BCUT2D eigenvalue weighted by Crippen LogP contribution is 2.24. The lowest BCUT2D eigenvalue weighted by molar-refractivity contribution is 0.590. The molecule has 0 spiro atoms. The Morgan fingerprint density at radius 3 is 2.20 bits per heavy atom. The standard InChI is InChI=1S/C17H25N3/c1-12(2)18-16-19-13(3)11-20(16)15-9-7-14(8-10-15)17(4,5)6/h7-12H,1-6H3,(H,18,19). The first-order valence-electron chi connectivity index (χ1n) is 7.21. The topological polar surface area (TPSA) is 29.9 Å². The van der Waals surface area contributed by atoms with Gasteiger partial charge in [-0.2, -0.15) is 0 Å². The van der Waals surface area contributed by atoms with E-state index in [1.54, 1.807) is 0 Å². The molecule has 0 bridgehead atoms. The maximum absolute atomic E-state index is 4.55. The lowest BCUT2D eigenvalue weighted by Gasteiger charge is -2.19. The van der Waals surface area contributed by atoms with Gasteiger partial charge in [-0.15, -0.1) is 0 Å². The Labute approximate surface area is 122 Å². The SMILES string of the molecule is Cc1cn(-c2ccc(C(C)(C)C)cc2)c(NC(C)C)n1. The highest BCUT2D eigenvalue weighted by molar-refractivity contribution is 5.45. The van der Waals surface area contributed by atoms with Crippen molar-refractivity contribution in [1.82, 2.24) is 9.55 Å². The van der Waals surface area contributed by atoms with E-state index in [9.17, 15) is 0 Å². The molecule has 3 nitrogen and oxygen atoms in total. The second-order valence-electron chi connectivity index (χ2n) is 6.67. The fraction of sp³-hybridized carbons (Fsp3) is 0.471. The smallest absolute Gasteiger partial charge is 0.207 e. The van der Waals surface area contributed by atoms with Crippen molar-refractivity contribution < 1.29 is 0 Å². The van der Waals surface area contributed by atoms with Gasteiger partial charge in [0, 0.05) is 17.9 Å². The molecule has 1 aromatic carbocycles. The first-order valence-corrected chi connectivity index (χ1v) is 7.21. The Balaban J connectivity index is 2.36. The molecule has 0 aliphatic carbocycles. The van der Waals surface area contributed by atoms with Crippen molar-refractivity contribution in [2.45, 2.75) is 53.0 Å². The van der Waals surface area contributed by atoms with Gasteiger partial charge in [-0.05, 0) is 43.9 Å². The summed E-state index contributed by atoms with van der Waals surface area (Å²) in [6.45, 7) is 13.0. The van der Waals surface area contributed by atoms with Crippen LogP contribution in [0.2, 0.25) is 0 Å². The number of nitrogens with zero attached hydrogens (tertiary/aromatic N) is 2. The van der Waals surface area contributed by atoms with Crippen LogP contribution in [-0.4, -0.2) is 15.6 Å². The number of aromatic nitrogens is 2. The zero-order valence-corrected chi connectivity index (χ0v) is 13.4. The van der Waals surface area contributed by atoms with Crippen LogP contribution in [0.4, 0.5) is 5.95 Å². The second kappa shape index (κ2) is 5.31. The van der Waals surface area contributed by atoms with Gasteiger partial charge in [0.05, 0.1) is 5.69 Å². The zero-order valence-electron chi connectivity index (χ0n) is 13.4. The molecule has 1 aromatic heterocycles. The summed E-state index contributed by atoms with van der Waals surface area (Å²) in [5.41, 5.74) is 3.69. The van der Waals surface area contributed by atoms with Crippen molar-refractivity contribution in [2.75, 3.05) is 5.32 Å². The summed E-state index contributed by atoms with van der Waals surface area (Å²) in [7, 11) is 0. The molecule has 108 valence electrons. The summed E-state index contributed by atoms with van der Waals surface area (Å²) in [5, 5.41) is 3.39. The number of benzene rings is 1. The van der Waals surface area contributed by atoms with E-state index in [1.807, 2.05) is 6.92 Å². The molecule has 0 atom stereocenters. The van der Waals surface area contributed by atoms with Gasteiger partial charge in [-0.1, -0.05) is 32.9 Å². The molecule has 0 saturated heterocycles. The molecule has 1 N–H and O–H groups in total. The number of hydrogen-bond donors (Lipinski definition) is 1. The van der Waals surface area contributed by atoms with Crippen molar-refractivity contribution in [1.29, 1.82) is 0 Å². The van der Waals surface area contributed by atoms with Crippen LogP contribution in [0.1, 0.15) is 45.9 Å². The average Bonchev–Trinajstić information content (AvgIpc) is 2.68. The maximum Gasteiger partial charge on any atom is 0.207 e. The van der Waals surface area contributed by atoms with Gasteiger partial charge in [0.1, 0.15) is 0 Å². The molecule has 2 rings (SSSR count). The molecule has 0 unspecified atom stereocenters. The molecule has 0 amide bonds. The van der Waals surface area contributed by atoms with E-state index in [0.717, 1.165) is 17.3 Å². The lowest BCUT2D eigenvalue weighted by Crippen LogP contribution is -2.14. The van der Waals surface area contributed by atoms with E-state index >= 15 is 0 Å². The van der Waals surface area contributed by atoms with Gasteiger partial charge in [0.25, 0.3) is 0 Å². The Morgan fingerprint density at radius 1 is 1.10 bits per heavy atom. The fourth-order valence-corrected chi connectivity index (χ4v) is 2.18. The number of hydrogen-bond acceptors (Lipinski definition) is 2. The monoisotopic (exact) mass is 271 g/mol. The van der Waals surface area contributed by atoms with Gasteiger partial charge in [-0.3, -0.25) is 4.57 Å². The van der Waals surface area contributed by atoms with Crippen molar-refractivity contribution in [3.63, 3.8) is 0 Å². The summed E-state index contributed by atoms with van der Waals surface area (Å²) >= 11 is 0. The van der Waals surface area contributed by atoms with E-state index in [0.29, 0.717) is 6.04 Å². The number of rotatable bonds is 3. The molecule has 0 aliphatic rings. The van der Waals surface area contributed by atoms with Gasteiger partial charge in [-0.25, -0.2) is 4.98 Å². The van der Waals surface area contributed by atoms with Crippen LogP contribution >= 0.6 is 0 Å². The minimum atomic E-state index is 0.183. The second-order valence-corrected chi connectivity index (χ2v) is 6.67. The number of anilines is 1. The van der Waals surface area contributed by atoms with E-state index in [-0.39, 0.29) is 5.41 Å². The van der Waals surface area contributed by atoms with Gasteiger partial charge >= 0.3 is 0 Å². The number of nitrogens with one attached hydrogen (secondary N) is 1. The summed E-state index contributed by atoms with van der Waals surface area (Å²) < 4.78 is 2.11. The van der Waals surface area contributed by atoms with E-state index in [2.05, 4.69) is 79.9 Å². The summed E-state index contributed by atoms with van der Waals surface area (Å²) in [5.74, 6) is 0.904. The van der Waals surface area contributed by atoms with Crippen LogP contribution in [0, 0.1) is 6.92 Å². The van der Waals surface area contributed by atoms with Crippen molar-refractivity contribution in [3.05, 3.63) is 41.7 Å². The number of aryl methyl sites for hydroxylation is 1. The average molecular weight is 271 g/mol. The highest BCUT2D eigenvalue weighted by atomic mass is 15.2. The third-order valence-electron chi connectivity index (χ3n) is 3.26. The zero-order chi connectivity index (χ0) is 14.9. The number of imidazole rings is 1. The predicted molar refractivity (Wildman–Crippen MR) is 85.8 cm³/mol. The lowest BCUT2D eigenvalue weighted by atomic mass is 9.87. The van der Waals surface area contributed by atoms with Gasteiger partial charge < -0.3 is 5.32 Å². The van der Waals surface area contributed by atoms with Gasteiger partial charge in [0.15, 0.2) is 0 Å². The molecule has 0 fully saturated rings. The summed E-state index contributed by atoms with van der Waals surface area (Å²) in [6, 6.07) is 9.08. The van der Waals surface area contributed by atoms with Crippen LogP contribution in [0.15, 0.2) is 30.5 Å². The minimum Gasteiger partial charge on any atom is -0.353 e. The van der Waals surface area contributed by atoms with Crippen molar-refractivity contribution in [2.24, 2.45) is 0 Å². The molecular weight excluding hydrogens is 246 g/mol. The third-order valence-corrected chi connectivity index (χ3v) is 3.26. The van der Waals surface area contributed by atoms with Crippen LogP contribution in [0.3, 0.4) is 0 Å². The van der Waals surface area contributed by atoms with Gasteiger partial charge in [0.2, 0.25) is 5.95 Å². The Morgan fingerprint density at radius 2 is 1.70 bits per heavy atom. The Hall–Kier alpha value is -1.77. The molecule has 3 heteroatoms.